The van der Waals surface area contributed by atoms with Crippen LogP contribution in [-0.2, 0) is 13.0 Å². The van der Waals surface area contributed by atoms with Gasteiger partial charge in [-0.1, -0.05) is 20.3 Å². The van der Waals surface area contributed by atoms with Gasteiger partial charge >= 0.3 is 0 Å². The first-order valence-corrected chi connectivity index (χ1v) is 5.74. The molecule has 0 aliphatic rings. The van der Waals surface area contributed by atoms with Crippen molar-refractivity contribution in [1.29, 1.82) is 0 Å². The van der Waals surface area contributed by atoms with Gasteiger partial charge in [0.15, 0.2) is 0 Å². The average Bonchev–Trinajstić information content (AvgIpc) is 2.52. The fourth-order valence-electron chi connectivity index (χ4n) is 1.84. The molecule has 15 heavy (non-hydrogen) atoms. The van der Waals surface area contributed by atoms with Gasteiger partial charge in [0.2, 0.25) is 0 Å². The topological polar surface area (TPSA) is 56.7 Å². The van der Waals surface area contributed by atoms with Crippen molar-refractivity contribution in [3.8, 4) is 0 Å². The van der Waals surface area contributed by atoms with Gasteiger partial charge in [0, 0.05) is 18.5 Å². The minimum atomic E-state index is -0.159. The molecule has 86 valence electrons. The lowest BCUT2D eigenvalue weighted by atomic mass is 9.93. The van der Waals surface area contributed by atoms with E-state index >= 15 is 0 Å². The molecular formula is C11H22N4. The Balaban J connectivity index is 2.66. The Labute approximate surface area is 91.9 Å². The molecule has 1 aromatic heterocycles. The lowest BCUT2D eigenvalue weighted by Gasteiger charge is -2.23. The van der Waals surface area contributed by atoms with Crippen molar-refractivity contribution >= 4 is 0 Å². The van der Waals surface area contributed by atoms with Crippen LogP contribution in [0, 0.1) is 0 Å². The highest BCUT2D eigenvalue weighted by atomic mass is 15.3. The molecular weight excluding hydrogens is 188 g/mol. The van der Waals surface area contributed by atoms with E-state index in [9.17, 15) is 0 Å². The van der Waals surface area contributed by atoms with E-state index in [1.807, 2.05) is 4.68 Å². The number of aryl methyl sites for hydroxylation is 1. The molecule has 0 radical (unpaired) electrons. The van der Waals surface area contributed by atoms with Gasteiger partial charge < -0.3 is 5.73 Å². The summed E-state index contributed by atoms with van der Waals surface area (Å²) in [6, 6.07) is 0. The van der Waals surface area contributed by atoms with Crippen LogP contribution in [0.25, 0.3) is 0 Å². The molecule has 0 fully saturated rings. The maximum absolute atomic E-state index is 6.20. The van der Waals surface area contributed by atoms with E-state index in [1.54, 1.807) is 6.33 Å². The van der Waals surface area contributed by atoms with Gasteiger partial charge in [-0.2, -0.15) is 5.10 Å². The van der Waals surface area contributed by atoms with Crippen LogP contribution in [0.2, 0.25) is 0 Å². The fraction of sp³-hybridized carbons (Fsp3) is 0.818. The van der Waals surface area contributed by atoms with Crippen LogP contribution in [-0.4, -0.2) is 20.3 Å². The Bertz CT molecular complexity index is 291. The molecule has 0 aliphatic carbocycles. The minimum Gasteiger partial charge on any atom is -0.325 e. The van der Waals surface area contributed by atoms with Crippen molar-refractivity contribution in [3.63, 3.8) is 0 Å². The highest BCUT2D eigenvalue weighted by Gasteiger charge is 2.20. The van der Waals surface area contributed by atoms with Crippen LogP contribution in [0.3, 0.4) is 0 Å². The molecule has 1 heterocycles. The van der Waals surface area contributed by atoms with E-state index in [0.717, 1.165) is 38.1 Å². The van der Waals surface area contributed by atoms with Gasteiger partial charge in [-0.05, 0) is 19.8 Å². The quantitative estimate of drug-likeness (QED) is 0.778. The first-order valence-electron chi connectivity index (χ1n) is 5.74. The highest BCUT2D eigenvalue weighted by molar-refractivity contribution is 4.95. The van der Waals surface area contributed by atoms with Crippen LogP contribution in [0.5, 0.6) is 0 Å². The number of hydrogen-bond donors (Lipinski definition) is 1. The van der Waals surface area contributed by atoms with Crippen molar-refractivity contribution in [2.24, 2.45) is 5.73 Å². The zero-order valence-electron chi connectivity index (χ0n) is 10.0. The molecule has 4 nitrogen and oxygen atoms in total. The predicted molar refractivity (Wildman–Crippen MR) is 61.5 cm³/mol. The van der Waals surface area contributed by atoms with Gasteiger partial charge in [-0.3, -0.25) is 4.68 Å². The molecule has 0 spiro atoms. The van der Waals surface area contributed by atoms with E-state index in [0.29, 0.717) is 0 Å². The highest BCUT2D eigenvalue weighted by Crippen LogP contribution is 2.14. The average molecular weight is 210 g/mol. The summed E-state index contributed by atoms with van der Waals surface area (Å²) in [5, 5.41) is 4.20. The minimum absolute atomic E-state index is 0.159. The normalized spacial score (nSPS) is 15.2. The lowest BCUT2D eigenvalue weighted by Crippen LogP contribution is -2.39. The molecule has 2 N–H and O–H groups in total. The summed E-state index contributed by atoms with van der Waals surface area (Å²) >= 11 is 0. The third kappa shape index (κ3) is 3.63. The molecule has 0 saturated carbocycles. The largest absolute Gasteiger partial charge is 0.325 e. The summed E-state index contributed by atoms with van der Waals surface area (Å²) in [7, 11) is 0. The van der Waals surface area contributed by atoms with Gasteiger partial charge in [0.05, 0.1) is 0 Å². The standard InChI is InChI=1S/C11H22N4/c1-4-6-11(3,12)8-10-13-9-14-15(10)7-5-2/h9H,4-8,12H2,1-3H3. The monoisotopic (exact) mass is 210 g/mol. The molecule has 1 atom stereocenters. The molecule has 0 saturated heterocycles. The van der Waals surface area contributed by atoms with E-state index in [1.165, 1.54) is 0 Å². The van der Waals surface area contributed by atoms with Crippen LogP contribution in [0.4, 0.5) is 0 Å². The Morgan fingerprint density at radius 2 is 2.13 bits per heavy atom. The summed E-state index contributed by atoms with van der Waals surface area (Å²) in [6.45, 7) is 7.31. The van der Waals surface area contributed by atoms with Gasteiger partial charge in [-0.25, -0.2) is 4.98 Å². The maximum Gasteiger partial charge on any atom is 0.138 e. The molecule has 1 rings (SSSR count). The summed E-state index contributed by atoms with van der Waals surface area (Å²) in [5.41, 5.74) is 6.04. The number of nitrogens with zero attached hydrogens (tertiary/aromatic N) is 3. The first-order chi connectivity index (χ1) is 7.09. The van der Waals surface area contributed by atoms with E-state index in [-0.39, 0.29) is 5.54 Å². The maximum atomic E-state index is 6.20. The zero-order valence-corrected chi connectivity index (χ0v) is 10.0. The second-order valence-corrected chi connectivity index (χ2v) is 4.48. The SMILES string of the molecule is CCCn1ncnc1CC(C)(N)CCC. The molecule has 0 aliphatic heterocycles. The van der Waals surface area contributed by atoms with Crippen molar-refractivity contribution in [2.45, 2.75) is 58.5 Å². The Morgan fingerprint density at radius 1 is 1.40 bits per heavy atom. The van der Waals surface area contributed by atoms with Crippen molar-refractivity contribution < 1.29 is 0 Å². The Hall–Kier alpha value is -0.900. The summed E-state index contributed by atoms with van der Waals surface area (Å²) in [4.78, 5) is 4.27. The lowest BCUT2D eigenvalue weighted by molar-refractivity contribution is 0.402. The third-order valence-electron chi connectivity index (χ3n) is 2.51. The zero-order chi connectivity index (χ0) is 11.3. The fourth-order valence-corrected chi connectivity index (χ4v) is 1.84. The smallest absolute Gasteiger partial charge is 0.138 e. The Morgan fingerprint density at radius 3 is 2.73 bits per heavy atom. The van der Waals surface area contributed by atoms with E-state index < -0.39 is 0 Å². The first kappa shape index (κ1) is 12.2. The number of rotatable bonds is 6. The van der Waals surface area contributed by atoms with Crippen LogP contribution < -0.4 is 5.73 Å². The van der Waals surface area contributed by atoms with Crippen LogP contribution in [0.15, 0.2) is 6.33 Å². The van der Waals surface area contributed by atoms with Crippen LogP contribution >= 0.6 is 0 Å². The van der Waals surface area contributed by atoms with E-state index in [4.69, 9.17) is 5.73 Å². The molecule has 1 unspecified atom stereocenters. The number of hydrogen-bond acceptors (Lipinski definition) is 3. The second kappa shape index (κ2) is 5.26. The molecule has 0 bridgehead atoms. The number of nitrogens with two attached hydrogens (primary N) is 1. The molecule has 4 heteroatoms. The van der Waals surface area contributed by atoms with Crippen molar-refractivity contribution in [2.75, 3.05) is 0 Å². The number of aromatic nitrogens is 3. The van der Waals surface area contributed by atoms with Crippen molar-refractivity contribution in [3.05, 3.63) is 12.2 Å². The summed E-state index contributed by atoms with van der Waals surface area (Å²) < 4.78 is 1.96. The van der Waals surface area contributed by atoms with E-state index in [2.05, 4.69) is 30.9 Å². The van der Waals surface area contributed by atoms with Gasteiger partial charge in [0.1, 0.15) is 12.2 Å². The van der Waals surface area contributed by atoms with Gasteiger partial charge in [0.25, 0.3) is 0 Å². The molecule has 0 amide bonds. The third-order valence-corrected chi connectivity index (χ3v) is 2.51. The second-order valence-electron chi connectivity index (χ2n) is 4.48. The summed E-state index contributed by atoms with van der Waals surface area (Å²) in [6.07, 6.45) is 5.63. The predicted octanol–water partition coefficient (Wildman–Crippen LogP) is 1.75. The molecule has 0 aromatic carbocycles. The van der Waals surface area contributed by atoms with Crippen LogP contribution in [0.1, 0.15) is 45.9 Å². The Kier molecular flexibility index (Phi) is 4.27. The summed E-state index contributed by atoms with van der Waals surface area (Å²) in [5.74, 6) is 1.01. The van der Waals surface area contributed by atoms with Crippen molar-refractivity contribution in [1.82, 2.24) is 14.8 Å². The molecule has 1 aromatic rings. The van der Waals surface area contributed by atoms with Gasteiger partial charge in [-0.15, -0.1) is 0 Å².